The first kappa shape index (κ1) is 13.7. The molecular weight excluding hydrogens is 253 g/mol. The minimum atomic E-state index is 0. The quantitative estimate of drug-likeness (QED) is 0.697. The van der Waals surface area contributed by atoms with Crippen molar-refractivity contribution in [1.82, 2.24) is 0 Å². The van der Waals surface area contributed by atoms with E-state index >= 15 is 0 Å². The molecule has 0 spiro atoms. The average Bonchev–Trinajstić information content (AvgIpc) is 1.91. The summed E-state index contributed by atoms with van der Waals surface area (Å²) in [4.78, 5) is 1.39. The van der Waals surface area contributed by atoms with Crippen molar-refractivity contribution in [1.29, 1.82) is 0 Å². The molecule has 0 N–H and O–H groups in total. The molecule has 0 heterocycles. The van der Waals surface area contributed by atoms with Gasteiger partial charge in [-0.3, -0.25) is 0 Å². The van der Waals surface area contributed by atoms with Crippen LogP contribution < -0.4 is 0 Å². The third kappa shape index (κ3) is 5.19. The van der Waals surface area contributed by atoms with Gasteiger partial charge in [-0.15, -0.1) is 11.8 Å². The van der Waals surface area contributed by atoms with Crippen molar-refractivity contribution in [2.45, 2.75) is 37.3 Å². The molecule has 0 nitrogen and oxygen atoms in total. The Morgan fingerprint density at radius 1 is 1.08 bits per heavy atom. The first-order valence-corrected chi connectivity index (χ1v) is 5.05. The SMILES string of the molecule is Cc1ccccc1SC(C)(C)C.[Y]. The Hall–Kier alpha value is 0.674. The van der Waals surface area contributed by atoms with Crippen LogP contribution in [0.1, 0.15) is 26.3 Å². The van der Waals surface area contributed by atoms with E-state index in [-0.39, 0.29) is 32.7 Å². The van der Waals surface area contributed by atoms with Crippen molar-refractivity contribution >= 4 is 11.8 Å². The van der Waals surface area contributed by atoms with Gasteiger partial charge in [-0.05, 0) is 18.6 Å². The Morgan fingerprint density at radius 3 is 2.08 bits per heavy atom. The van der Waals surface area contributed by atoms with E-state index in [0.717, 1.165) is 0 Å². The fourth-order valence-electron chi connectivity index (χ4n) is 1.00. The summed E-state index contributed by atoms with van der Waals surface area (Å²) in [5, 5.41) is 0. The van der Waals surface area contributed by atoms with Crippen molar-refractivity contribution in [3.05, 3.63) is 29.8 Å². The van der Waals surface area contributed by atoms with E-state index in [1.54, 1.807) is 0 Å². The molecule has 0 aliphatic rings. The third-order valence-electron chi connectivity index (χ3n) is 1.51. The monoisotopic (exact) mass is 269 g/mol. The van der Waals surface area contributed by atoms with E-state index in [9.17, 15) is 0 Å². The van der Waals surface area contributed by atoms with Gasteiger partial charge in [0.2, 0.25) is 0 Å². The Bertz CT molecular complexity index is 263. The van der Waals surface area contributed by atoms with E-state index < -0.39 is 0 Å². The van der Waals surface area contributed by atoms with E-state index in [4.69, 9.17) is 0 Å². The van der Waals surface area contributed by atoms with E-state index in [1.165, 1.54) is 10.5 Å². The van der Waals surface area contributed by atoms with Gasteiger partial charge in [0.25, 0.3) is 0 Å². The molecule has 0 saturated heterocycles. The maximum atomic E-state index is 2.24. The van der Waals surface area contributed by atoms with Gasteiger partial charge in [-0.1, -0.05) is 39.0 Å². The molecule has 0 atom stereocenters. The van der Waals surface area contributed by atoms with Gasteiger partial charge in [-0.25, -0.2) is 0 Å². The molecular formula is C11H16SY. The molecule has 1 radical (unpaired) electrons. The average molecular weight is 269 g/mol. The Balaban J connectivity index is 0.00000144. The first-order valence-electron chi connectivity index (χ1n) is 4.24. The molecule has 0 unspecified atom stereocenters. The summed E-state index contributed by atoms with van der Waals surface area (Å²) < 4.78 is 0.312. The Morgan fingerprint density at radius 2 is 1.62 bits per heavy atom. The van der Waals surface area contributed by atoms with Crippen LogP contribution in [0, 0.1) is 6.92 Å². The second-order valence-corrected chi connectivity index (χ2v) is 5.85. The molecule has 69 valence electrons. The zero-order chi connectivity index (χ0) is 9.19. The van der Waals surface area contributed by atoms with Crippen molar-refractivity contribution in [3.63, 3.8) is 0 Å². The summed E-state index contributed by atoms with van der Waals surface area (Å²) in [6.07, 6.45) is 0. The fourth-order valence-corrected chi connectivity index (χ4v) is 2.04. The van der Waals surface area contributed by atoms with Gasteiger partial charge >= 0.3 is 0 Å². The molecule has 0 aliphatic heterocycles. The second-order valence-electron chi connectivity index (χ2n) is 3.98. The zero-order valence-corrected chi connectivity index (χ0v) is 12.4. The van der Waals surface area contributed by atoms with Crippen LogP contribution in [0.5, 0.6) is 0 Å². The molecule has 1 aromatic rings. The molecule has 0 aliphatic carbocycles. The predicted octanol–water partition coefficient (Wildman–Crippen LogP) is 3.88. The number of hydrogen-bond acceptors (Lipinski definition) is 1. The van der Waals surface area contributed by atoms with Crippen LogP contribution in [-0.2, 0) is 32.7 Å². The third-order valence-corrected chi connectivity index (χ3v) is 2.80. The topological polar surface area (TPSA) is 0 Å². The van der Waals surface area contributed by atoms with Gasteiger partial charge in [0.1, 0.15) is 0 Å². The van der Waals surface area contributed by atoms with Gasteiger partial charge in [-0.2, -0.15) is 0 Å². The van der Waals surface area contributed by atoms with Crippen molar-refractivity contribution in [3.8, 4) is 0 Å². The number of aryl methyl sites for hydroxylation is 1. The maximum Gasteiger partial charge on any atom is 0.0122 e. The summed E-state index contributed by atoms with van der Waals surface area (Å²) >= 11 is 1.93. The van der Waals surface area contributed by atoms with E-state index in [0.29, 0.717) is 4.75 Å². The van der Waals surface area contributed by atoms with Gasteiger partial charge in [0.05, 0.1) is 0 Å². The van der Waals surface area contributed by atoms with Crippen LogP contribution >= 0.6 is 11.8 Å². The summed E-state index contributed by atoms with van der Waals surface area (Å²) in [5.74, 6) is 0. The number of rotatable bonds is 1. The molecule has 1 aromatic carbocycles. The predicted molar refractivity (Wildman–Crippen MR) is 56.8 cm³/mol. The van der Waals surface area contributed by atoms with Crippen LogP contribution in [0.15, 0.2) is 29.2 Å². The largest absolute Gasteiger partial charge is 0.120 e. The van der Waals surface area contributed by atoms with E-state index in [2.05, 4.69) is 52.0 Å². The molecule has 0 aromatic heterocycles. The van der Waals surface area contributed by atoms with Crippen LogP contribution in [-0.4, -0.2) is 4.75 Å². The smallest absolute Gasteiger partial charge is 0.0122 e. The van der Waals surface area contributed by atoms with Crippen LogP contribution in [0.2, 0.25) is 0 Å². The minimum Gasteiger partial charge on any atom is -0.120 e. The molecule has 2 heteroatoms. The molecule has 1 rings (SSSR count). The summed E-state index contributed by atoms with van der Waals surface area (Å²) in [5.41, 5.74) is 1.37. The number of hydrogen-bond donors (Lipinski definition) is 0. The van der Waals surface area contributed by atoms with Crippen LogP contribution in [0.4, 0.5) is 0 Å². The maximum absolute atomic E-state index is 2.24. The van der Waals surface area contributed by atoms with Gasteiger partial charge in [0.15, 0.2) is 0 Å². The number of thioether (sulfide) groups is 1. The zero-order valence-electron chi connectivity index (χ0n) is 8.79. The summed E-state index contributed by atoms with van der Waals surface area (Å²) in [6, 6.07) is 8.53. The molecule has 13 heavy (non-hydrogen) atoms. The van der Waals surface area contributed by atoms with Crippen LogP contribution in [0.25, 0.3) is 0 Å². The minimum absolute atomic E-state index is 0. The van der Waals surface area contributed by atoms with Gasteiger partial charge in [0, 0.05) is 42.4 Å². The molecule has 0 saturated carbocycles. The van der Waals surface area contributed by atoms with Crippen molar-refractivity contribution in [2.75, 3.05) is 0 Å². The van der Waals surface area contributed by atoms with Crippen molar-refractivity contribution in [2.24, 2.45) is 0 Å². The van der Waals surface area contributed by atoms with E-state index in [1.807, 2.05) is 11.8 Å². The summed E-state index contributed by atoms with van der Waals surface area (Å²) in [7, 11) is 0. The Kier molecular flexibility index (Phi) is 5.82. The molecule has 0 amide bonds. The summed E-state index contributed by atoms with van der Waals surface area (Å²) in [6.45, 7) is 8.88. The van der Waals surface area contributed by atoms with Crippen LogP contribution in [0.3, 0.4) is 0 Å². The standard InChI is InChI=1S/C11H16S.Y/c1-9-7-5-6-8-10(9)12-11(2,3)4;/h5-8H,1-4H3;. The first-order chi connectivity index (χ1) is 5.49. The van der Waals surface area contributed by atoms with Crippen molar-refractivity contribution < 1.29 is 32.7 Å². The molecule has 0 bridgehead atoms. The number of benzene rings is 1. The van der Waals surface area contributed by atoms with Gasteiger partial charge < -0.3 is 0 Å². The fraction of sp³-hybridized carbons (Fsp3) is 0.455. The normalized spacial score (nSPS) is 10.8. The second kappa shape index (κ2) is 5.53. The molecule has 0 fully saturated rings. The Labute approximate surface area is 111 Å².